The normalized spacial score (nSPS) is 11.7. The topological polar surface area (TPSA) is 0 Å². The molecule has 1 unspecified atom stereocenters. The summed E-state index contributed by atoms with van der Waals surface area (Å²) in [6.07, 6.45) is 7.83. The van der Waals surface area contributed by atoms with Gasteiger partial charge in [0.1, 0.15) is 0 Å². The lowest BCUT2D eigenvalue weighted by Gasteiger charge is -2.25. The average Bonchev–Trinajstić information content (AvgIpc) is 2.57. The third kappa shape index (κ3) is 31.5. The van der Waals surface area contributed by atoms with Gasteiger partial charge < -0.3 is 0 Å². The van der Waals surface area contributed by atoms with Gasteiger partial charge in [-0.1, -0.05) is 155 Å². The van der Waals surface area contributed by atoms with Crippen LogP contribution >= 0.6 is 0 Å². The maximum absolute atomic E-state index is 2.31. The standard InChI is InChI=1S/C12H18.2C8H18.3CH4/c1-12(2,3)10-9-11-7-5-4-6-8-11;1-6-7(2)8(3,4)5;1-5-6-7-8(2,3)4;;;/h4-8H,9-10H2,1-3H3;7H,6H2,1-5H3;5-7H2,1-4H3;3*1H4. The van der Waals surface area contributed by atoms with E-state index in [0.29, 0.717) is 16.2 Å². The highest BCUT2D eigenvalue weighted by Gasteiger charge is 2.17. The van der Waals surface area contributed by atoms with Crippen molar-refractivity contribution in [1.82, 2.24) is 0 Å². The molecule has 0 saturated carbocycles. The second kappa shape index (κ2) is 19.9. The van der Waals surface area contributed by atoms with Crippen molar-refractivity contribution in [3.05, 3.63) is 35.9 Å². The van der Waals surface area contributed by atoms with Crippen molar-refractivity contribution in [3.8, 4) is 0 Å². The molecule has 0 nitrogen and oxygen atoms in total. The van der Waals surface area contributed by atoms with Crippen LogP contribution in [0.1, 0.15) is 143 Å². The van der Waals surface area contributed by atoms with E-state index in [2.05, 4.69) is 113 Å². The van der Waals surface area contributed by atoms with Gasteiger partial charge in [0.2, 0.25) is 0 Å². The summed E-state index contributed by atoms with van der Waals surface area (Å²) in [4.78, 5) is 0. The molecule has 0 bridgehead atoms. The molecular weight excluding hydrogens is 372 g/mol. The third-order valence-corrected chi connectivity index (χ3v) is 5.38. The molecule has 1 aromatic rings. The molecule has 0 radical (unpaired) electrons. The highest BCUT2D eigenvalue weighted by molar-refractivity contribution is 5.14. The average molecular weight is 439 g/mol. The summed E-state index contributed by atoms with van der Waals surface area (Å²) in [5, 5.41) is 0. The van der Waals surface area contributed by atoms with Crippen molar-refractivity contribution < 1.29 is 0 Å². The van der Waals surface area contributed by atoms with Crippen molar-refractivity contribution in [3.63, 3.8) is 0 Å². The maximum Gasteiger partial charge on any atom is -0.0274 e. The van der Waals surface area contributed by atoms with E-state index < -0.39 is 0 Å². The van der Waals surface area contributed by atoms with Crippen molar-refractivity contribution in [2.45, 2.75) is 144 Å². The second-order valence-electron chi connectivity index (χ2n) is 11.9. The van der Waals surface area contributed by atoms with E-state index in [1.54, 1.807) is 0 Å². The molecule has 0 spiro atoms. The van der Waals surface area contributed by atoms with Gasteiger partial charge in [-0.15, -0.1) is 0 Å². The lowest BCUT2D eigenvalue weighted by atomic mass is 9.81. The van der Waals surface area contributed by atoms with E-state index in [1.807, 2.05) is 0 Å². The zero-order valence-corrected chi connectivity index (χ0v) is 21.7. The van der Waals surface area contributed by atoms with E-state index >= 15 is 0 Å². The molecule has 31 heavy (non-hydrogen) atoms. The first-order chi connectivity index (χ1) is 12.6. The Labute approximate surface area is 202 Å². The zero-order chi connectivity index (χ0) is 22.4. The molecule has 0 heterocycles. The smallest absolute Gasteiger partial charge is 0.0274 e. The highest BCUT2D eigenvalue weighted by Crippen LogP contribution is 2.27. The monoisotopic (exact) mass is 439 g/mol. The Morgan fingerprint density at radius 1 is 0.677 bits per heavy atom. The highest BCUT2D eigenvalue weighted by atomic mass is 14.2. The number of hydrogen-bond acceptors (Lipinski definition) is 0. The van der Waals surface area contributed by atoms with Gasteiger partial charge in [0, 0.05) is 0 Å². The summed E-state index contributed by atoms with van der Waals surface area (Å²) < 4.78 is 0. The fourth-order valence-corrected chi connectivity index (χ4v) is 2.48. The molecule has 0 aliphatic carbocycles. The van der Waals surface area contributed by atoms with Gasteiger partial charge in [0.15, 0.2) is 0 Å². The van der Waals surface area contributed by atoms with Crippen LogP contribution in [0.3, 0.4) is 0 Å². The molecule has 0 aliphatic heterocycles. The molecule has 0 saturated heterocycles. The Hall–Kier alpha value is -0.780. The van der Waals surface area contributed by atoms with E-state index in [9.17, 15) is 0 Å². The van der Waals surface area contributed by atoms with Crippen LogP contribution < -0.4 is 0 Å². The summed E-state index contributed by atoms with van der Waals surface area (Å²) >= 11 is 0. The van der Waals surface area contributed by atoms with Crippen molar-refractivity contribution in [1.29, 1.82) is 0 Å². The minimum atomic E-state index is 0. The molecule has 0 amide bonds. The van der Waals surface area contributed by atoms with Crippen molar-refractivity contribution in [2.75, 3.05) is 0 Å². The molecule has 190 valence electrons. The quantitative estimate of drug-likeness (QED) is 0.428. The van der Waals surface area contributed by atoms with Crippen LogP contribution in [0.5, 0.6) is 0 Å². The van der Waals surface area contributed by atoms with Crippen LogP contribution in [-0.2, 0) is 6.42 Å². The van der Waals surface area contributed by atoms with Gasteiger partial charge >= 0.3 is 0 Å². The molecular formula is C31H66. The molecule has 1 aromatic carbocycles. The summed E-state index contributed by atoms with van der Waals surface area (Å²) in [6.45, 7) is 27.4. The van der Waals surface area contributed by atoms with Crippen LogP contribution in [0, 0.1) is 22.2 Å². The Bertz CT molecular complexity index is 448. The zero-order valence-electron chi connectivity index (χ0n) is 21.7. The Balaban J connectivity index is -0.000000107. The summed E-state index contributed by atoms with van der Waals surface area (Å²) in [5.41, 5.74) is 2.97. The summed E-state index contributed by atoms with van der Waals surface area (Å²) in [7, 11) is 0. The van der Waals surface area contributed by atoms with Crippen LogP contribution in [0.15, 0.2) is 30.3 Å². The van der Waals surface area contributed by atoms with Gasteiger partial charge in [-0.05, 0) is 47.0 Å². The maximum atomic E-state index is 2.31. The molecule has 0 N–H and O–H groups in total. The fraction of sp³-hybridized carbons (Fsp3) is 0.806. The molecule has 1 atom stereocenters. The number of rotatable bonds is 5. The molecule has 0 aliphatic rings. The van der Waals surface area contributed by atoms with E-state index in [1.165, 1.54) is 44.1 Å². The van der Waals surface area contributed by atoms with Gasteiger partial charge in [0.05, 0.1) is 0 Å². The van der Waals surface area contributed by atoms with Crippen LogP contribution in [0.4, 0.5) is 0 Å². The number of hydrogen-bond donors (Lipinski definition) is 0. The Morgan fingerprint density at radius 2 is 1.10 bits per heavy atom. The first-order valence-electron chi connectivity index (χ1n) is 11.7. The van der Waals surface area contributed by atoms with E-state index in [0.717, 1.165) is 5.92 Å². The molecule has 1 rings (SSSR count). The van der Waals surface area contributed by atoms with Crippen molar-refractivity contribution in [2.24, 2.45) is 22.2 Å². The predicted octanol–water partition coefficient (Wildman–Crippen LogP) is 11.9. The van der Waals surface area contributed by atoms with Gasteiger partial charge in [-0.25, -0.2) is 0 Å². The summed E-state index contributed by atoms with van der Waals surface area (Å²) in [6, 6.07) is 10.7. The lowest BCUT2D eigenvalue weighted by Crippen LogP contribution is -2.15. The van der Waals surface area contributed by atoms with Crippen LogP contribution in [0.2, 0.25) is 0 Å². The van der Waals surface area contributed by atoms with Gasteiger partial charge in [-0.2, -0.15) is 0 Å². The predicted molar refractivity (Wildman–Crippen MR) is 152 cm³/mol. The second-order valence-corrected chi connectivity index (χ2v) is 11.9. The third-order valence-electron chi connectivity index (χ3n) is 5.38. The van der Waals surface area contributed by atoms with E-state index in [4.69, 9.17) is 0 Å². The van der Waals surface area contributed by atoms with Crippen molar-refractivity contribution >= 4 is 0 Å². The largest absolute Gasteiger partial charge is 0.0776 e. The van der Waals surface area contributed by atoms with Crippen LogP contribution in [-0.4, -0.2) is 0 Å². The minimum absolute atomic E-state index is 0. The Kier molecular flexibility index (Phi) is 26.0. The number of benzene rings is 1. The Morgan fingerprint density at radius 3 is 1.32 bits per heavy atom. The van der Waals surface area contributed by atoms with Crippen LogP contribution in [0.25, 0.3) is 0 Å². The molecule has 0 aromatic heterocycles. The lowest BCUT2D eigenvalue weighted by molar-refractivity contribution is 0.254. The molecule has 0 heteroatoms. The first kappa shape index (κ1) is 40.6. The summed E-state index contributed by atoms with van der Waals surface area (Å²) in [5.74, 6) is 0.850. The molecule has 0 fully saturated rings. The number of aryl methyl sites for hydroxylation is 1. The number of unbranched alkanes of at least 4 members (excludes halogenated alkanes) is 1. The SMILES string of the molecule is C.C.C.CC(C)(C)CCc1ccccc1.CCC(C)C(C)(C)C.CCCCC(C)(C)C. The fourth-order valence-electron chi connectivity index (χ4n) is 2.48. The first-order valence-corrected chi connectivity index (χ1v) is 11.7. The minimum Gasteiger partial charge on any atom is -0.0776 e. The van der Waals surface area contributed by atoms with Gasteiger partial charge in [0.25, 0.3) is 0 Å². The van der Waals surface area contributed by atoms with Gasteiger partial charge in [-0.3, -0.25) is 0 Å². The van der Waals surface area contributed by atoms with E-state index in [-0.39, 0.29) is 22.3 Å².